The molecule has 1 heterocycles. The molecular formula is C16H18FN3. The summed E-state index contributed by atoms with van der Waals surface area (Å²) in [6, 6.07) is 7.13. The van der Waals surface area contributed by atoms with Gasteiger partial charge in [0.1, 0.15) is 17.5 Å². The van der Waals surface area contributed by atoms with E-state index in [1.165, 1.54) is 0 Å². The van der Waals surface area contributed by atoms with Gasteiger partial charge in [-0.05, 0) is 38.3 Å². The second kappa shape index (κ2) is 5.19. The zero-order valence-corrected chi connectivity index (χ0v) is 11.8. The molecular weight excluding hydrogens is 253 g/mol. The zero-order valence-electron chi connectivity index (χ0n) is 11.8. The van der Waals surface area contributed by atoms with Crippen LogP contribution in [0, 0.1) is 12.7 Å². The van der Waals surface area contributed by atoms with Gasteiger partial charge in [-0.15, -0.1) is 0 Å². The summed E-state index contributed by atoms with van der Waals surface area (Å²) in [5.41, 5.74) is 2.24. The monoisotopic (exact) mass is 271 g/mol. The molecule has 1 aliphatic carbocycles. The van der Waals surface area contributed by atoms with Gasteiger partial charge in [0.05, 0.1) is 5.69 Å². The molecule has 1 fully saturated rings. The first-order valence-electron chi connectivity index (χ1n) is 7.06. The third-order valence-electron chi connectivity index (χ3n) is 3.51. The number of anilines is 1. The van der Waals surface area contributed by atoms with E-state index in [1.807, 2.05) is 19.1 Å². The standard InChI is InChI=1S/C16H18FN3/c1-3-18-15-9-14(19-16(20-15)11-6-7-11)12-5-4-10(2)13(17)8-12/h4-5,8-9,11H,3,6-7H2,1-2H3,(H,18,19,20). The largest absolute Gasteiger partial charge is 0.370 e. The van der Waals surface area contributed by atoms with Crippen molar-refractivity contribution in [2.45, 2.75) is 32.6 Å². The fourth-order valence-corrected chi connectivity index (χ4v) is 2.16. The van der Waals surface area contributed by atoms with E-state index in [-0.39, 0.29) is 5.82 Å². The molecule has 0 aliphatic heterocycles. The summed E-state index contributed by atoms with van der Waals surface area (Å²) in [5.74, 6) is 1.97. The first-order chi connectivity index (χ1) is 9.67. The van der Waals surface area contributed by atoms with Crippen LogP contribution in [-0.4, -0.2) is 16.5 Å². The van der Waals surface area contributed by atoms with Crippen molar-refractivity contribution in [3.8, 4) is 11.3 Å². The van der Waals surface area contributed by atoms with Crippen LogP contribution in [0.1, 0.15) is 37.1 Å². The van der Waals surface area contributed by atoms with E-state index in [2.05, 4.69) is 15.3 Å². The Labute approximate surface area is 118 Å². The van der Waals surface area contributed by atoms with Crippen LogP contribution in [0.15, 0.2) is 24.3 Å². The fourth-order valence-electron chi connectivity index (χ4n) is 2.16. The molecule has 1 N–H and O–H groups in total. The quantitative estimate of drug-likeness (QED) is 0.916. The van der Waals surface area contributed by atoms with Gasteiger partial charge in [0, 0.05) is 24.1 Å². The van der Waals surface area contributed by atoms with E-state index in [0.717, 1.165) is 42.3 Å². The molecule has 20 heavy (non-hydrogen) atoms. The Balaban J connectivity index is 2.04. The van der Waals surface area contributed by atoms with Crippen molar-refractivity contribution in [3.05, 3.63) is 41.5 Å². The van der Waals surface area contributed by atoms with Crippen LogP contribution in [0.2, 0.25) is 0 Å². The number of aryl methyl sites for hydroxylation is 1. The summed E-state index contributed by atoms with van der Waals surface area (Å²) >= 11 is 0. The Bertz CT molecular complexity index is 636. The Kier molecular flexibility index (Phi) is 3.38. The minimum Gasteiger partial charge on any atom is -0.370 e. The van der Waals surface area contributed by atoms with Gasteiger partial charge in [-0.1, -0.05) is 12.1 Å². The Hall–Kier alpha value is -1.97. The molecule has 1 saturated carbocycles. The van der Waals surface area contributed by atoms with Crippen molar-refractivity contribution in [2.24, 2.45) is 0 Å². The summed E-state index contributed by atoms with van der Waals surface area (Å²) in [4.78, 5) is 9.14. The number of halogens is 1. The summed E-state index contributed by atoms with van der Waals surface area (Å²) in [7, 11) is 0. The van der Waals surface area contributed by atoms with Crippen molar-refractivity contribution in [1.29, 1.82) is 0 Å². The van der Waals surface area contributed by atoms with Crippen molar-refractivity contribution >= 4 is 5.82 Å². The highest BCUT2D eigenvalue weighted by Gasteiger charge is 2.27. The minimum atomic E-state index is -0.195. The average molecular weight is 271 g/mol. The van der Waals surface area contributed by atoms with E-state index < -0.39 is 0 Å². The third kappa shape index (κ3) is 2.64. The molecule has 0 radical (unpaired) electrons. The number of nitrogens with zero attached hydrogens (tertiary/aromatic N) is 2. The second-order valence-electron chi connectivity index (χ2n) is 5.27. The van der Waals surface area contributed by atoms with Gasteiger partial charge < -0.3 is 5.32 Å². The van der Waals surface area contributed by atoms with Gasteiger partial charge in [0.2, 0.25) is 0 Å². The predicted molar refractivity (Wildman–Crippen MR) is 78.3 cm³/mol. The highest BCUT2D eigenvalue weighted by atomic mass is 19.1. The molecule has 1 aromatic heterocycles. The topological polar surface area (TPSA) is 37.8 Å². The number of benzene rings is 1. The summed E-state index contributed by atoms with van der Waals surface area (Å²) in [6.07, 6.45) is 2.30. The van der Waals surface area contributed by atoms with Gasteiger partial charge in [-0.2, -0.15) is 0 Å². The molecule has 104 valence electrons. The van der Waals surface area contributed by atoms with Gasteiger partial charge >= 0.3 is 0 Å². The van der Waals surface area contributed by atoms with E-state index >= 15 is 0 Å². The number of hydrogen-bond donors (Lipinski definition) is 1. The molecule has 3 nitrogen and oxygen atoms in total. The third-order valence-corrected chi connectivity index (χ3v) is 3.51. The van der Waals surface area contributed by atoms with Crippen molar-refractivity contribution < 1.29 is 4.39 Å². The highest BCUT2D eigenvalue weighted by Crippen LogP contribution is 2.39. The highest BCUT2D eigenvalue weighted by molar-refractivity contribution is 5.63. The minimum absolute atomic E-state index is 0.195. The average Bonchev–Trinajstić information content (AvgIpc) is 3.26. The lowest BCUT2D eigenvalue weighted by Gasteiger charge is -2.09. The SMILES string of the molecule is CCNc1cc(-c2ccc(C)c(F)c2)nc(C2CC2)n1. The molecule has 4 heteroatoms. The van der Waals surface area contributed by atoms with E-state index in [0.29, 0.717) is 11.5 Å². The van der Waals surface area contributed by atoms with Crippen molar-refractivity contribution in [2.75, 3.05) is 11.9 Å². The van der Waals surface area contributed by atoms with Gasteiger partial charge in [-0.3, -0.25) is 0 Å². The number of rotatable bonds is 4. The van der Waals surface area contributed by atoms with Gasteiger partial charge in [0.25, 0.3) is 0 Å². The zero-order chi connectivity index (χ0) is 14.1. The normalized spacial score (nSPS) is 14.3. The van der Waals surface area contributed by atoms with Crippen LogP contribution in [0.3, 0.4) is 0 Å². The lowest BCUT2D eigenvalue weighted by Crippen LogP contribution is -2.04. The van der Waals surface area contributed by atoms with E-state index in [9.17, 15) is 4.39 Å². The number of nitrogens with one attached hydrogen (secondary N) is 1. The summed E-state index contributed by atoms with van der Waals surface area (Å²) in [5, 5.41) is 3.22. The maximum absolute atomic E-state index is 13.7. The molecule has 0 spiro atoms. The van der Waals surface area contributed by atoms with Gasteiger partial charge in [-0.25, -0.2) is 14.4 Å². The Morgan fingerprint density at radius 2 is 2.05 bits per heavy atom. The van der Waals surface area contributed by atoms with Crippen LogP contribution >= 0.6 is 0 Å². The molecule has 0 amide bonds. The fraction of sp³-hybridized carbons (Fsp3) is 0.375. The smallest absolute Gasteiger partial charge is 0.134 e. The Morgan fingerprint density at radius 1 is 1.25 bits per heavy atom. The lowest BCUT2D eigenvalue weighted by atomic mass is 10.1. The Morgan fingerprint density at radius 3 is 2.70 bits per heavy atom. The first kappa shape index (κ1) is 13.0. The van der Waals surface area contributed by atoms with E-state index in [4.69, 9.17) is 0 Å². The summed E-state index contributed by atoms with van der Waals surface area (Å²) in [6.45, 7) is 4.60. The van der Waals surface area contributed by atoms with Crippen LogP contribution in [0.5, 0.6) is 0 Å². The number of aromatic nitrogens is 2. The second-order valence-corrected chi connectivity index (χ2v) is 5.27. The van der Waals surface area contributed by atoms with Crippen LogP contribution < -0.4 is 5.32 Å². The van der Waals surface area contributed by atoms with Crippen LogP contribution in [0.25, 0.3) is 11.3 Å². The van der Waals surface area contributed by atoms with E-state index in [1.54, 1.807) is 19.1 Å². The summed E-state index contributed by atoms with van der Waals surface area (Å²) < 4.78 is 13.7. The molecule has 1 aromatic carbocycles. The van der Waals surface area contributed by atoms with Crippen LogP contribution in [0.4, 0.5) is 10.2 Å². The maximum Gasteiger partial charge on any atom is 0.134 e. The first-order valence-corrected chi connectivity index (χ1v) is 7.06. The molecule has 3 rings (SSSR count). The van der Waals surface area contributed by atoms with Crippen molar-refractivity contribution in [1.82, 2.24) is 9.97 Å². The molecule has 0 unspecified atom stereocenters. The van der Waals surface area contributed by atoms with Gasteiger partial charge in [0.15, 0.2) is 0 Å². The maximum atomic E-state index is 13.7. The number of hydrogen-bond acceptors (Lipinski definition) is 3. The molecule has 0 saturated heterocycles. The predicted octanol–water partition coefficient (Wildman–Crippen LogP) is 3.90. The van der Waals surface area contributed by atoms with Crippen LogP contribution in [-0.2, 0) is 0 Å². The molecule has 2 aromatic rings. The molecule has 1 aliphatic rings. The lowest BCUT2D eigenvalue weighted by molar-refractivity contribution is 0.619. The van der Waals surface area contributed by atoms with Crippen molar-refractivity contribution in [3.63, 3.8) is 0 Å². The molecule has 0 bridgehead atoms. The molecule has 0 atom stereocenters.